The summed E-state index contributed by atoms with van der Waals surface area (Å²) in [4.78, 5) is 13.4. The van der Waals surface area contributed by atoms with E-state index in [-0.39, 0.29) is 29.3 Å². The molecule has 1 spiro atoms. The average molecular weight is 439 g/mol. The maximum atomic E-state index is 13.7. The maximum absolute atomic E-state index is 13.7. The third-order valence-corrected chi connectivity index (χ3v) is 8.95. The van der Waals surface area contributed by atoms with Crippen molar-refractivity contribution < 1.29 is 22.3 Å². The van der Waals surface area contributed by atoms with Crippen molar-refractivity contribution in [2.45, 2.75) is 62.8 Å². The van der Waals surface area contributed by atoms with Gasteiger partial charge in [-0.15, -0.1) is 0 Å². The van der Waals surface area contributed by atoms with Crippen molar-refractivity contribution in [1.82, 2.24) is 9.62 Å². The van der Waals surface area contributed by atoms with E-state index in [2.05, 4.69) is 5.32 Å². The highest BCUT2D eigenvalue weighted by Gasteiger charge is 2.53. The van der Waals surface area contributed by atoms with Gasteiger partial charge in [0.05, 0.1) is 10.8 Å². The Morgan fingerprint density at radius 3 is 2.57 bits per heavy atom. The first-order valence-electron chi connectivity index (χ1n) is 11.0. The van der Waals surface area contributed by atoms with Gasteiger partial charge in [-0.3, -0.25) is 4.79 Å². The lowest BCUT2D eigenvalue weighted by molar-refractivity contribution is -0.130. The van der Waals surface area contributed by atoms with E-state index in [0.717, 1.165) is 25.7 Å². The van der Waals surface area contributed by atoms with Gasteiger partial charge < -0.3 is 10.1 Å². The zero-order valence-electron chi connectivity index (χ0n) is 17.5. The molecule has 0 radical (unpaired) electrons. The van der Waals surface area contributed by atoms with Crippen molar-refractivity contribution in [3.63, 3.8) is 0 Å². The lowest BCUT2D eigenvalue weighted by Gasteiger charge is -2.38. The van der Waals surface area contributed by atoms with Crippen LogP contribution in [-0.2, 0) is 19.6 Å². The number of sulfonamides is 1. The van der Waals surface area contributed by atoms with Crippen molar-refractivity contribution in [2.24, 2.45) is 11.3 Å². The Labute approximate surface area is 178 Å². The number of amides is 1. The van der Waals surface area contributed by atoms with E-state index in [1.807, 2.05) is 0 Å². The fourth-order valence-corrected chi connectivity index (χ4v) is 6.86. The molecule has 1 aromatic carbocycles. The highest BCUT2D eigenvalue weighted by molar-refractivity contribution is 7.89. The Morgan fingerprint density at radius 1 is 1.20 bits per heavy atom. The van der Waals surface area contributed by atoms with Crippen LogP contribution in [0.1, 0.15) is 50.5 Å². The standard InChI is InChI=1S/C22H31FN2O4S/c1-16-13-18(7-8-20(16)23)30(27,28)25-14-19(22(15-25)9-11-29-12-10-22)21(26)24-17-5-3-2-4-6-17/h7-8,13,17,19H,2-6,9-12,14-15H2,1H3,(H,24,26). The molecule has 8 heteroatoms. The zero-order chi connectivity index (χ0) is 21.4. The summed E-state index contributed by atoms with van der Waals surface area (Å²) in [5, 5.41) is 3.21. The molecule has 1 saturated carbocycles. The summed E-state index contributed by atoms with van der Waals surface area (Å²) < 4.78 is 47.3. The van der Waals surface area contributed by atoms with E-state index in [4.69, 9.17) is 4.74 Å². The first kappa shape index (κ1) is 21.7. The summed E-state index contributed by atoms with van der Waals surface area (Å²) in [5.74, 6) is -0.850. The Balaban J connectivity index is 1.58. The molecule has 0 aromatic heterocycles. The highest BCUT2D eigenvalue weighted by Crippen LogP contribution is 2.46. The van der Waals surface area contributed by atoms with Gasteiger partial charge in [-0.05, 0) is 56.4 Å². The summed E-state index contributed by atoms with van der Waals surface area (Å²) in [6.45, 7) is 3.10. The Kier molecular flexibility index (Phi) is 6.19. The molecule has 3 fully saturated rings. The number of hydrogen-bond acceptors (Lipinski definition) is 4. The first-order valence-corrected chi connectivity index (χ1v) is 12.4. The number of rotatable bonds is 4. The molecule has 4 rings (SSSR count). The number of carbonyl (C=O) groups excluding carboxylic acids is 1. The predicted octanol–water partition coefficient (Wildman–Crippen LogP) is 3.00. The molecule has 166 valence electrons. The number of ether oxygens (including phenoxy) is 1. The van der Waals surface area contributed by atoms with Crippen LogP contribution in [0.4, 0.5) is 4.39 Å². The topological polar surface area (TPSA) is 75.7 Å². The van der Waals surface area contributed by atoms with E-state index >= 15 is 0 Å². The fraction of sp³-hybridized carbons (Fsp3) is 0.682. The summed E-state index contributed by atoms with van der Waals surface area (Å²) in [6.07, 6.45) is 6.78. The average Bonchev–Trinajstić information content (AvgIpc) is 3.10. The van der Waals surface area contributed by atoms with Crippen LogP contribution in [0, 0.1) is 24.1 Å². The van der Waals surface area contributed by atoms with Crippen LogP contribution in [0.5, 0.6) is 0 Å². The van der Waals surface area contributed by atoms with Crippen molar-refractivity contribution in [2.75, 3.05) is 26.3 Å². The molecule has 2 aliphatic heterocycles. The predicted molar refractivity (Wildman–Crippen MR) is 111 cm³/mol. The van der Waals surface area contributed by atoms with Gasteiger partial charge in [-0.2, -0.15) is 4.31 Å². The molecule has 3 aliphatic rings. The van der Waals surface area contributed by atoms with Gasteiger partial charge in [0.15, 0.2) is 0 Å². The van der Waals surface area contributed by atoms with Gasteiger partial charge in [0, 0.05) is 37.8 Å². The van der Waals surface area contributed by atoms with Crippen LogP contribution < -0.4 is 5.32 Å². The number of hydrogen-bond donors (Lipinski definition) is 1. The van der Waals surface area contributed by atoms with Crippen LogP contribution in [0.25, 0.3) is 0 Å². The molecule has 1 unspecified atom stereocenters. The van der Waals surface area contributed by atoms with Crippen LogP contribution in [0.3, 0.4) is 0 Å². The summed E-state index contributed by atoms with van der Waals surface area (Å²) in [5.41, 5.74) is -0.110. The smallest absolute Gasteiger partial charge is 0.243 e. The van der Waals surface area contributed by atoms with Crippen molar-refractivity contribution >= 4 is 15.9 Å². The van der Waals surface area contributed by atoms with E-state index in [1.165, 1.54) is 28.9 Å². The largest absolute Gasteiger partial charge is 0.381 e. The summed E-state index contributed by atoms with van der Waals surface area (Å²) in [7, 11) is -3.81. The second kappa shape index (κ2) is 8.55. The highest BCUT2D eigenvalue weighted by atomic mass is 32.2. The monoisotopic (exact) mass is 438 g/mol. The number of aryl methyl sites for hydroxylation is 1. The van der Waals surface area contributed by atoms with Crippen molar-refractivity contribution in [3.8, 4) is 0 Å². The molecule has 1 amide bonds. The minimum Gasteiger partial charge on any atom is -0.381 e. The molecular formula is C22H31FN2O4S. The number of halogens is 1. The minimum absolute atomic E-state index is 0.0308. The van der Waals surface area contributed by atoms with Gasteiger partial charge in [0.1, 0.15) is 5.82 Å². The molecule has 1 aliphatic carbocycles. The normalized spacial score (nSPS) is 25.5. The van der Waals surface area contributed by atoms with E-state index in [9.17, 15) is 17.6 Å². The van der Waals surface area contributed by atoms with Crippen molar-refractivity contribution in [3.05, 3.63) is 29.6 Å². The minimum atomic E-state index is -3.81. The van der Waals surface area contributed by atoms with E-state index < -0.39 is 21.3 Å². The van der Waals surface area contributed by atoms with Gasteiger partial charge in [-0.1, -0.05) is 19.3 Å². The van der Waals surface area contributed by atoms with Crippen LogP contribution in [0.2, 0.25) is 0 Å². The quantitative estimate of drug-likeness (QED) is 0.784. The Hall–Kier alpha value is -1.51. The van der Waals surface area contributed by atoms with Crippen LogP contribution in [0.15, 0.2) is 23.1 Å². The van der Waals surface area contributed by atoms with E-state index in [0.29, 0.717) is 38.2 Å². The number of nitrogens with zero attached hydrogens (tertiary/aromatic N) is 1. The van der Waals surface area contributed by atoms with Gasteiger partial charge >= 0.3 is 0 Å². The lowest BCUT2D eigenvalue weighted by atomic mass is 9.71. The SMILES string of the molecule is Cc1cc(S(=O)(=O)N2CC(C(=O)NC3CCCCC3)C3(CCOCC3)C2)ccc1F. The van der Waals surface area contributed by atoms with Gasteiger partial charge in [0.2, 0.25) is 15.9 Å². The van der Waals surface area contributed by atoms with Crippen molar-refractivity contribution in [1.29, 1.82) is 0 Å². The molecule has 6 nitrogen and oxygen atoms in total. The van der Waals surface area contributed by atoms with Gasteiger partial charge in [-0.25, -0.2) is 12.8 Å². The molecule has 1 aromatic rings. The fourth-order valence-electron chi connectivity index (χ4n) is 5.23. The zero-order valence-corrected chi connectivity index (χ0v) is 18.3. The summed E-state index contributed by atoms with van der Waals surface area (Å²) in [6, 6.07) is 4.06. The second-order valence-corrected chi connectivity index (χ2v) is 11.0. The molecule has 1 atom stereocenters. The number of nitrogens with one attached hydrogen (secondary N) is 1. The molecular weight excluding hydrogens is 407 g/mol. The van der Waals surface area contributed by atoms with Crippen LogP contribution in [-0.4, -0.2) is 51.0 Å². The lowest BCUT2D eigenvalue weighted by Crippen LogP contribution is -2.47. The van der Waals surface area contributed by atoms with E-state index in [1.54, 1.807) is 6.92 Å². The summed E-state index contributed by atoms with van der Waals surface area (Å²) >= 11 is 0. The maximum Gasteiger partial charge on any atom is 0.243 e. The second-order valence-electron chi connectivity index (χ2n) is 9.08. The number of benzene rings is 1. The van der Waals surface area contributed by atoms with Gasteiger partial charge in [0.25, 0.3) is 0 Å². The third-order valence-electron chi connectivity index (χ3n) is 7.14. The molecule has 2 heterocycles. The third kappa shape index (κ3) is 4.14. The molecule has 1 N–H and O–H groups in total. The first-order chi connectivity index (χ1) is 14.3. The molecule has 2 saturated heterocycles. The number of carbonyl (C=O) groups is 1. The van der Waals surface area contributed by atoms with Crippen LogP contribution >= 0.6 is 0 Å². The Bertz CT molecular complexity index is 892. The Morgan fingerprint density at radius 2 is 1.90 bits per heavy atom. The molecule has 0 bridgehead atoms. The molecule has 30 heavy (non-hydrogen) atoms.